The molecule has 1 aromatic heterocycles. The number of H-pyrrole nitrogens is 1. The highest BCUT2D eigenvalue weighted by Crippen LogP contribution is 2.27. The number of sulfonamides is 1. The molecule has 0 unspecified atom stereocenters. The Bertz CT molecular complexity index is 838. The Morgan fingerprint density at radius 1 is 1.41 bits per heavy atom. The van der Waals surface area contributed by atoms with Crippen LogP contribution in [0.3, 0.4) is 0 Å². The zero-order chi connectivity index (χ0) is 16.5. The van der Waals surface area contributed by atoms with Gasteiger partial charge in [-0.2, -0.15) is 0 Å². The molecule has 0 aliphatic carbocycles. The standard InChI is InChI=1S/C11H8Br2ClN3O4S/c1-21-5-2-3-6(12)7(4-5)22(19,20)17-10(18)8-9(13)16-11(14)15-8/h2-4H,1H3,(H,15,16)(H,17,18). The van der Waals surface area contributed by atoms with Gasteiger partial charge in [-0.15, -0.1) is 0 Å². The van der Waals surface area contributed by atoms with Gasteiger partial charge in [0, 0.05) is 10.5 Å². The average molecular weight is 474 g/mol. The number of aromatic nitrogens is 2. The third-order valence-electron chi connectivity index (χ3n) is 2.50. The molecular formula is C11H8Br2ClN3O4S. The Kier molecular flexibility index (Phi) is 5.15. The van der Waals surface area contributed by atoms with Gasteiger partial charge in [-0.1, -0.05) is 0 Å². The van der Waals surface area contributed by atoms with Crippen molar-refractivity contribution in [2.45, 2.75) is 4.90 Å². The lowest BCUT2D eigenvalue weighted by atomic mass is 10.3. The van der Waals surface area contributed by atoms with Crippen molar-refractivity contribution in [2.24, 2.45) is 0 Å². The average Bonchev–Trinajstić information content (AvgIpc) is 2.77. The summed E-state index contributed by atoms with van der Waals surface area (Å²) in [5.41, 5.74) is -0.174. The van der Waals surface area contributed by atoms with E-state index in [9.17, 15) is 13.2 Å². The number of ether oxygens (including phenoxy) is 1. The molecule has 0 radical (unpaired) electrons. The maximum atomic E-state index is 12.3. The quantitative estimate of drug-likeness (QED) is 0.711. The molecule has 0 saturated carbocycles. The molecule has 0 bridgehead atoms. The van der Waals surface area contributed by atoms with Crippen molar-refractivity contribution in [3.63, 3.8) is 0 Å². The summed E-state index contributed by atoms with van der Waals surface area (Å²) in [6.45, 7) is 0. The maximum absolute atomic E-state index is 12.3. The second-order valence-electron chi connectivity index (χ2n) is 3.92. The molecule has 22 heavy (non-hydrogen) atoms. The summed E-state index contributed by atoms with van der Waals surface area (Å²) in [6.07, 6.45) is 0. The molecule has 0 aliphatic heterocycles. The number of carbonyl (C=O) groups is 1. The maximum Gasteiger partial charge on any atom is 0.286 e. The minimum atomic E-state index is -4.12. The van der Waals surface area contributed by atoms with E-state index in [0.717, 1.165) is 0 Å². The van der Waals surface area contributed by atoms with Crippen LogP contribution in [0, 0.1) is 0 Å². The summed E-state index contributed by atoms with van der Waals surface area (Å²) in [6, 6.07) is 4.36. The lowest BCUT2D eigenvalue weighted by Crippen LogP contribution is -2.31. The van der Waals surface area contributed by atoms with E-state index in [4.69, 9.17) is 16.3 Å². The Hall–Kier alpha value is -1.10. The Morgan fingerprint density at radius 3 is 2.64 bits per heavy atom. The predicted octanol–water partition coefficient (Wildman–Crippen LogP) is 2.72. The van der Waals surface area contributed by atoms with Crippen LogP contribution in [0.5, 0.6) is 5.75 Å². The second kappa shape index (κ2) is 6.57. The van der Waals surface area contributed by atoms with E-state index in [0.29, 0.717) is 5.75 Å². The second-order valence-corrected chi connectivity index (χ2v) is 7.58. The minimum absolute atomic E-state index is 0.0445. The molecule has 0 saturated heterocycles. The zero-order valence-corrected chi connectivity index (χ0v) is 15.6. The van der Waals surface area contributed by atoms with Gasteiger partial charge in [0.25, 0.3) is 15.9 Å². The van der Waals surface area contributed by atoms with E-state index < -0.39 is 15.9 Å². The van der Waals surface area contributed by atoms with Crippen LogP contribution >= 0.6 is 43.5 Å². The topological polar surface area (TPSA) is 101 Å². The van der Waals surface area contributed by atoms with Crippen LogP contribution in [-0.2, 0) is 10.0 Å². The predicted molar refractivity (Wildman–Crippen MR) is 86.6 cm³/mol. The van der Waals surface area contributed by atoms with Gasteiger partial charge in [-0.3, -0.25) is 4.79 Å². The van der Waals surface area contributed by atoms with Crippen molar-refractivity contribution in [2.75, 3.05) is 7.11 Å². The molecule has 0 fully saturated rings. The number of hydrogen-bond acceptors (Lipinski definition) is 5. The van der Waals surface area contributed by atoms with E-state index in [-0.39, 0.29) is 24.9 Å². The number of halogens is 3. The van der Waals surface area contributed by atoms with Crippen LogP contribution in [0.1, 0.15) is 10.5 Å². The summed E-state index contributed by atoms with van der Waals surface area (Å²) >= 11 is 11.8. The van der Waals surface area contributed by atoms with Crippen molar-refractivity contribution in [1.82, 2.24) is 14.7 Å². The smallest absolute Gasteiger partial charge is 0.286 e. The first-order chi connectivity index (χ1) is 10.2. The SMILES string of the molecule is COc1ccc(Br)c(S(=O)(=O)NC(=O)c2nc(Cl)[nH]c2Br)c1. The summed E-state index contributed by atoms with van der Waals surface area (Å²) in [5.74, 6) is -0.593. The molecule has 2 rings (SSSR count). The van der Waals surface area contributed by atoms with Crippen molar-refractivity contribution in [1.29, 1.82) is 0 Å². The number of hydrogen-bond donors (Lipinski definition) is 2. The van der Waals surface area contributed by atoms with Crippen LogP contribution in [0.15, 0.2) is 32.2 Å². The van der Waals surface area contributed by atoms with Gasteiger partial charge in [-0.25, -0.2) is 18.1 Å². The van der Waals surface area contributed by atoms with Gasteiger partial charge in [0.15, 0.2) is 5.69 Å². The molecule has 1 aromatic carbocycles. The highest BCUT2D eigenvalue weighted by Gasteiger charge is 2.25. The number of rotatable bonds is 4. The third kappa shape index (κ3) is 3.62. The Balaban J connectivity index is 2.36. The number of aromatic amines is 1. The molecule has 0 aliphatic rings. The number of nitrogens with zero attached hydrogens (tertiary/aromatic N) is 1. The molecule has 2 aromatic rings. The monoisotopic (exact) mass is 471 g/mol. The molecule has 118 valence electrons. The number of benzene rings is 1. The first kappa shape index (κ1) is 17.3. The largest absolute Gasteiger partial charge is 0.497 e. The molecule has 0 atom stereocenters. The summed E-state index contributed by atoms with van der Waals surface area (Å²) in [7, 11) is -2.72. The molecule has 7 nitrogen and oxygen atoms in total. The van der Waals surface area contributed by atoms with Crippen LogP contribution in [0.25, 0.3) is 0 Å². The van der Waals surface area contributed by atoms with Gasteiger partial charge in [-0.05, 0) is 55.6 Å². The van der Waals surface area contributed by atoms with Crippen molar-refractivity contribution >= 4 is 59.4 Å². The number of imidazole rings is 1. The lowest BCUT2D eigenvalue weighted by Gasteiger charge is -2.09. The Morgan fingerprint density at radius 2 is 2.09 bits per heavy atom. The first-order valence-corrected chi connectivity index (χ1v) is 9.01. The highest BCUT2D eigenvalue weighted by molar-refractivity contribution is 9.10. The summed E-state index contributed by atoms with van der Waals surface area (Å²) in [4.78, 5) is 18.1. The van der Waals surface area contributed by atoms with Gasteiger partial charge in [0.1, 0.15) is 15.2 Å². The van der Waals surface area contributed by atoms with Gasteiger partial charge in [0.05, 0.1) is 7.11 Å². The van der Waals surface area contributed by atoms with Crippen molar-refractivity contribution in [3.05, 3.63) is 38.3 Å². The van der Waals surface area contributed by atoms with E-state index in [1.807, 2.05) is 4.72 Å². The summed E-state index contributed by atoms with van der Waals surface area (Å²) < 4.78 is 32.0. The van der Waals surface area contributed by atoms with Crippen molar-refractivity contribution in [3.8, 4) is 5.75 Å². The third-order valence-corrected chi connectivity index (χ3v) is 5.58. The Labute approximate surface area is 147 Å². The van der Waals surface area contributed by atoms with Crippen LogP contribution in [0.4, 0.5) is 0 Å². The summed E-state index contributed by atoms with van der Waals surface area (Å²) in [5, 5.41) is -0.0445. The molecule has 2 N–H and O–H groups in total. The highest BCUT2D eigenvalue weighted by atomic mass is 79.9. The van der Waals surface area contributed by atoms with Crippen LogP contribution in [-0.4, -0.2) is 31.4 Å². The van der Waals surface area contributed by atoms with Crippen LogP contribution < -0.4 is 9.46 Å². The molecular weight excluding hydrogens is 465 g/mol. The van der Waals surface area contributed by atoms with Crippen LogP contribution in [0.2, 0.25) is 5.28 Å². The normalized spacial score (nSPS) is 11.3. The molecule has 11 heteroatoms. The fraction of sp³-hybridized carbons (Fsp3) is 0.0909. The minimum Gasteiger partial charge on any atom is -0.497 e. The number of carbonyl (C=O) groups excluding carboxylic acids is 1. The van der Waals surface area contributed by atoms with Gasteiger partial charge < -0.3 is 9.72 Å². The van der Waals surface area contributed by atoms with E-state index in [2.05, 4.69) is 41.8 Å². The van der Waals surface area contributed by atoms with E-state index >= 15 is 0 Å². The number of nitrogens with one attached hydrogen (secondary N) is 2. The van der Waals surface area contributed by atoms with Gasteiger partial charge >= 0.3 is 0 Å². The fourth-order valence-electron chi connectivity index (χ4n) is 1.52. The fourth-order valence-corrected chi connectivity index (χ4v) is 4.20. The van der Waals surface area contributed by atoms with Gasteiger partial charge in [0.2, 0.25) is 5.28 Å². The molecule has 1 heterocycles. The molecule has 1 amide bonds. The van der Waals surface area contributed by atoms with E-state index in [1.54, 1.807) is 6.07 Å². The van der Waals surface area contributed by atoms with E-state index in [1.165, 1.54) is 19.2 Å². The van der Waals surface area contributed by atoms with Crippen molar-refractivity contribution < 1.29 is 17.9 Å². The first-order valence-electron chi connectivity index (χ1n) is 5.56. The lowest BCUT2D eigenvalue weighted by molar-refractivity contribution is 0.0976. The number of amides is 1. The number of methoxy groups -OCH3 is 1. The molecule has 0 spiro atoms. The zero-order valence-electron chi connectivity index (χ0n) is 10.9.